The maximum absolute atomic E-state index is 11.7. The van der Waals surface area contributed by atoms with Crippen molar-refractivity contribution in [2.75, 3.05) is 12.3 Å². The first-order valence-electron chi connectivity index (χ1n) is 5.44. The number of amides is 1. The Kier molecular flexibility index (Phi) is 3.88. The molecule has 1 amide bonds. The number of carbonyl (C=O) groups is 1. The smallest absolute Gasteiger partial charge is 0.269 e. The van der Waals surface area contributed by atoms with Crippen LogP contribution in [-0.2, 0) is 0 Å². The van der Waals surface area contributed by atoms with Crippen LogP contribution in [0.4, 0.5) is 5.69 Å². The summed E-state index contributed by atoms with van der Waals surface area (Å²) in [6, 6.07) is 3.24. The Hall–Kier alpha value is -1.58. The van der Waals surface area contributed by atoms with Gasteiger partial charge in [-0.05, 0) is 24.0 Å². The monoisotopic (exact) mass is 221 g/mol. The van der Waals surface area contributed by atoms with E-state index in [2.05, 4.69) is 31.1 Å². The van der Waals surface area contributed by atoms with Crippen molar-refractivity contribution < 1.29 is 4.79 Å². The molecule has 1 aromatic heterocycles. The van der Waals surface area contributed by atoms with Crippen molar-refractivity contribution in [1.82, 2.24) is 10.3 Å². The predicted octanol–water partition coefficient (Wildman–Crippen LogP) is 1.83. The minimum absolute atomic E-state index is 0.107. The van der Waals surface area contributed by atoms with Gasteiger partial charge in [-0.15, -0.1) is 0 Å². The topological polar surface area (TPSA) is 68.0 Å². The molecular formula is C12H19N3O. The van der Waals surface area contributed by atoms with Gasteiger partial charge < -0.3 is 11.1 Å². The van der Waals surface area contributed by atoms with E-state index in [1.807, 2.05) is 0 Å². The zero-order chi connectivity index (χ0) is 12.2. The van der Waals surface area contributed by atoms with Crippen molar-refractivity contribution in [2.45, 2.75) is 27.2 Å². The fourth-order valence-corrected chi connectivity index (χ4v) is 1.11. The second kappa shape index (κ2) is 4.96. The van der Waals surface area contributed by atoms with E-state index >= 15 is 0 Å². The van der Waals surface area contributed by atoms with Crippen molar-refractivity contribution >= 4 is 11.6 Å². The van der Waals surface area contributed by atoms with Gasteiger partial charge in [0.05, 0.1) is 0 Å². The second-order valence-corrected chi connectivity index (χ2v) is 4.67. The van der Waals surface area contributed by atoms with Crippen molar-refractivity contribution in [1.29, 1.82) is 0 Å². The van der Waals surface area contributed by atoms with E-state index in [0.717, 1.165) is 6.42 Å². The summed E-state index contributed by atoms with van der Waals surface area (Å²) >= 11 is 0. The minimum atomic E-state index is -0.172. The molecule has 0 radical (unpaired) electrons. The number of nitrogens with two attached hydrogens (primary N) is 1. The Morgan fingerprint density at radius 1 is 1.56 bits per heavy atom. The highest BCUT2D eigenvalue weighted by Gasteiger charge is 2.17. The van der Waals surface area contributed by atoms with Gasteiger partial charge in [-0.1, -0.05) is 20.8 Å². The number of nitrogens with one attached hydrogen (secondary N) is 1. The van der Waals surface area contributed by atoms with Gasteiger partial charge in [-0.2, -0.15) is 0 Å². The highest BCUT2D eigenvalue weighted by atomic mass is 16.1. The number of hydrogen-bond acceptors (Lipinski definition) is 3. The summed E-state index contributed by atoms with van der Waals surface area (Å²) in [6.07, 6.45) is 2.55. The van der Waals surface area contributed by atoms with Crippen LogP contribution < -0.4 is 11.1 Å². The Balaban J connectivity index is 2.60. The van der Waals surface area contributed by atoms with Gasteiger partial charge in [0.15, 0.2) is 0 Å². The van der Waals surface area contributed by atoms with E-state index < -0.39 is 0 Å². The lowest BCUT2D eigenvalue weighted by Crippen LogP contribution is -2.34. The van der Waals surface area contributed by atoms with Crippen LogP contribution in [0.1, 0.15) is 37.7 Å². The first kappa shape index (κ1) is 12.5. The SMILES string of the molecule is CCC(C)(C)CNC(=O)c1cc(N)ccn1. The number of rotatable bonds is 4. The second-order valence-electron chi connectivity index (χ2n) is 4.67. The van der Waals surface area contributed by atoms with Crippen molar-refractivity contribution in [2.24, 2.45) is 5.41 Å². The van der Waals surface area contributed by atoms with Gasteiger partial charge in [0.25, 0.3) is 5.91 Å². The summed E-state index contributed by atoms with van der Waals surface area (Å²) in [6.45, 7) is 6.96. The van der Waals surface area contributed by atoms with Gasteiger partial charge in [0, 0.05) is 18.4 Å². The lowest BCUT2D eigenvalue weighted by molar-refractivity contribution is 0.0931. The van der Waals surface area contributed by atoms with Gasteiger partial charge in [0.2, 0.25) is 0 Å². The number of aromatic nitrogens is 1. The molecule has 0 unspecified atom stereocenters. The van der Waals surface area contributed by atoms with Crippen LogP contribution >= 0.6 is 0 Å². The average molecular weight is 221 g/mol. The molecular weight excluding hydrogens is 202 g/mol. The zero-order valence-electron chi connectivity index (χ0n) is 10.1. The summed E-state index contributed by atoms with van der Waals surface area (Å²) in [7, 11) is 0. The average Bonchev–Trinajstić information content (AvgIpc) is 2.26. The third kappa shape index (κ3) is 3.53. The molecule has 0 atom stereocenters. The van der Waals surface area contributed by atoms with Crippen molar-refractivity contribution in [3.8, 4) is 0 Å². The zero-order valence-corrected chi connectivity index (χ0v) is 10.1. The third-order valence-corrected chi connectivity index (χ3v) is 2.70. The summed E-state index contributed by atoms with van der Waals surface area (Å²) in [5, 5.41) is 2.86. The Morgan fingerprint density at radius 2 is 2.25 bits per heavy atom. The maximum Gasteiger partial charge on any atom is 0.269 e. The van der Waals surface area contributed by atoms with Crippen LogP contribution in [0.15, 0.2) is 18.3 Å². The molecule has 0 aliphatic heterocycles. The first-order chi connectivity index (χ1) is 7.44. The van der Waals surface area contributed by atoms with E-state index in [-0.39, 0.29) is 11.3 Å². The van der Waals surface area contributed by atoms with Crippen LogP contribution in [0.5, 0.6) is 0 Å². The number of nitrogens with zero attached hydrogens (tertiary/aromatic N) is 1. The van der Waals surface area contributed by atoms with Crippen molar-refractivity contribution in [3.05, 3.63) is 24.0 Å². The molecule has 0 aromatic carbocycles. The molecule has 0 fully saturated rings. The first-order valence-corrected chi connectivity index (χ1v) is 5.44. The van der Waals surface area contributed by atoms with Crippen LogP contribution in [0.3, 0.4) is 0 Å². The highest BCUT2D eigenvalue weighted by molar-refractivity contribution is 5.92. The van der Waals surface area contributed by atoms with E-state index in [1.165, 1.54) is 6.20 Å². The number of nitrogen functional groups attached to an aromatic ring is 1. The Bertz CT molecular complexity index is 374. The summed E-state index contributed by atoms with van der Waals surface area (Å²) < 4.78 is 0. The Labute approximate surface area is 96.3 Å². The molecule has 0 spiro atoms. The Morgan fingerprint density at radius 3 is 2.81 bits per heavy atom. The van der Waals surface area contributed by atoms with E-state index in [9.17, 15) is 4.79 Å². The molecule has 4 heteroatoms. The predicted molar refractivity (Wildman–Crippen MR) is 65.1 cm³/mol. The molecule has 1 heterocycles. The summed E-state index contributed by atoms with van der Waals surface area (Å²) in [5.41, 5.74) is 6.61. The van der Waals surface area contributed by atoms with Crippen LogP contribution in [0.2, 0.25) is 0 Å². The quantitative estimate of drug-likeness (QED) is 0.815. The highest BCUT2D eigenvalue weighted by Crippen LogP contribution is 2.17. The standard InChI is InChI=1S/C12H19N3O/c1-4-12(2,3)8-15-11(16)10-7-9(13)5-6-14-10/h5-7H,4,8H2,1-3H3,(H2,13,14)(H,15,16). The molecule has 0 saturated carbocycles. The molecule has 0 bridgehead atoms. The van der Waals surface area contributed by atoms with E-state index in [4.69, 9.17) is 5.73 Å². The van der Waals surface area contributed by atoms with Gasteiger partial charge in [0.1, 0.15) is 5.69 Å². The molecule has 88 valence electrons. The molecule has 0 aliphatic carbocycles. The third-order valence-electron chi connectivity index (χ3n) is 2.70. The lowest BCUT2D eigenvalue weighted by atomic mass is 9.90. The van der Waals surface area contributed by atoms with Crippen molar-refractivity contribution in [3.63, 3.8) is 0 Å². The van der Waals surface area contributed by atoms with Gasteiger partial charge >= 0.3 is 0 Å². The fourth-order valence-electron chi connectivity index (χ4n) is 1.11. The molecule has 3 N–H and O–H groups in total. The molecule has 4 nitrogen and oxygen atoms in total. The molecule has 0 aliphatic rings. The molecule has 16 heavy (non-hydrogen) atoms. The van der Waals surface area contributed by atoms with Gasteiger partial charge in [-0.25, -0.2) is 0 Å². The lowest BCUT2D eigenvalue weighted by Gasteiger charge is -2.22. The summed E-state index contributed by atoms with van der Waals surface area (Å²) in [5.74, 6) is -0.172. The molecule has 0 saturated heterocycles. The normalized spacial score (nSPS) is 11.2. The molecule has 1 rings (SSSR count). The largest absolute Gasteiger partial charge is 0.399 e. The van der Waals surface area contributed by atoms with Gasteiger partial charge in [-0.3, -0.25) is 9.78 Å². The minimum Gasteiger partial charge on any atom is -0.399 e. The number of carbonyl (C=O) groups excluding carboxylic acids is 1. The number of pyridine rings is 1. The summed E-state index contributed by atoms with van der Waals surface area (Å²) in [4.78, 5) is 15.7. The van der Waals surface area contributed by atoms with Crippen LogP contribution in [0, 0.1) is 5.41 Å². The van der Waals surface area contributed by atoms with E-state index in [0.29, 0.717) is 17.9 Å². The number of anilines is 1. The fraction of sp³-hybridized carbons (Fsp3) is 0.500. The van der Waals surface area contributed by atoms with Crippen LogP contribution in [0.25, 0.3) is 0 Å². The van der Waals surface area contributed by atoms with E-state index in [1.54, 1.807) is 12.1 Å². The number of hydrogen-bond donors (Lipinski definition) is 2. The molecule has 1 aromatic rings. The maximum atomic E-state index is 11.7. The van der Waals surface area contributed by atoms with Crippen LogP contribution in [-0.4, -0.2) is 17.4 Å².